The molecule has 0 aromatic carbocycles. The summed E-state index contributed by atoms with van der Waals surface area (Å²) in [6.45, 7) is 1.25. The number of aromatic nitrogens is 1. The minimum Gasteiger partial charge on any atom is -0.456 e. The van der Waals surface area contributed by atoms with Crippen LogP contribution in [0.3, 0.4) is 0 Å². The molecule has 0 aliphatic carbocycles. The number of hydrogen-bond donors (Lipinski definition) is 1. The highest BCUT2D eigenvalue weighted by Gasteiger charge is 2.32. The summed E-state index contributed by atoms with van der Waals surface area (Å²) in [6, 6.07) is 3.90. The highest BCUT2D eigenvalue weighted by molar-refractivity contribution is 6.32. The molecule has 1 amide bonds. The first-order chi connectivity index (χ1) is 11.8. The molecular formula is C16H14ClF3N2O3. The summed E-state index contributed by atoms with van der Waals surface area (Å²) in [4.78, 5) is 15.7. The zero-order valence-corrected chi connectivity index (χ0v) is 13.7. The van der Waals surface area contributed by atoms with E-state index in [1.54, 1.807) is 6.07 Å². The summed E-state index contributed by atoms with van der Waals surface area (Å²) >= 11 is 5.77. The van der Waals surface area contributed by atoms with Crippen molar-refractivity contribution < 1.29 is 27.1 Å². The number of hydrogen-bond acceptors (Lipinski definition) is 4. The number of rotatable bonds is 3. The first kappa shape index (κ1) is 17.8. The number of anilines is 1. The van der Waals surface area contributed by atoms with E-state index >= 15 is 0 Å². The van der Waals surface area contributed by atoms with E-state index in [1.807, 2.05) is 0 Å². The van der Waals surface area contributed by atoms with Gasteiger partial charge >= 0.3 is 6.18 Å². The van der Waals surface area contributed by atoms with E-state index in [2.05, 4.69) is 10.3 Å². The standard InChI is InChI=1S/C16H14ClF3N2O3/c17-14-11(7-10(8-21-14)16(18,19)20)22-15(23)13-2-1-12(25-13)9-3-5-24-6-4-9/h1-2,7-9H,3-6H2,(H,22,23). The Morgan fingerprint density at radius 1 is 1.28 bits per heavy atom. The molecule has 25 heavy (non-hydrogen) atoms. The largest absolute Gasteiger partial charge is 0.456 e. The van der Waals surface area contributed by atoms with Gasteiger partial charge in [-0.1, -0.05) is 11.6 Å². The third-order valence-electron chi connectivity index (χ3n) is 3.89. The Morgan fingerprint density at radius 3 is 2.68 bits per heavy atom. The van der Waals surface area contributed by atoms with E-state index < -0.39 is 17.6 Å². The van der Waals surface area contributed by atoms with E-state index in [0.717, 1.165) is 18.9 Å². The van der Waals surface area contributed by atoms with Crippen LogP contribution in [-0.2, 0) is 10.9 Å². The number of carbonyl (C=O) groups is 1. The second-order valence-electron chi connectivity index (χ2n) is 5.60. The lowest BCUT2D eigenvalue weighted by Crippen LogP contribution is -2.14. The first-order valence-electron chi connectivity index (χ1n) is 7.56. The summed E-state index contributed by atoms with van der Waals surface area (Å²) in [7, 11) is 0. The Balaban J connectivity index is 1.75. The molecule has 0 bridgehead atoms. The van der Waals surface area contributed by atoms with Crippen molar-refractivity contribution in [1.29, 1.82) is 0 Å². The number of alkyl halides is 3. The average molecular weight is 375 g/mol. The van der Waals surface area contributed by atoms with Gasteiger partial charge in [-0.2, -0.15) is 13.2 Å². The number of nitrogens with one attached hydrogen (secondary N) is 1. The van der Waals surface area contributed by atoms with Crippen molar-refractivity contribution in [2.24, 2.45) is 0 Å². The lowest BCUT2D eigenvalue weighted by atomic mass is 9.98. The van der Waals surface area contributed by atoms with E-state index in [-0.39, 0.29) is 22.5 Å². The number of halogens is 4. The van der Waals surface area contributed by atoms with E-state index in [0.29, 0.717) is 25.2 Å². The average Bonchev–Trinajstić information content (AvgIpc) is 3.07. The Labute approximate surface area is 146 Å². The summed E-state index contributed by atoms with van der Waals surface area (Å²) in [5.74, 6) is 0.118. The fourth-order valence-electron chi connectivity index (χ4n) is 2.55. The predicted molar refractivity (Wildman–Crippen MR) is 83.7 cm³/mol. The number of ether oxygens (including phenoxy) is 1. The van der Waals surface area contributed by atoms with Gasteiger partial charge < -0.3 is 14.5 Å². The van der Waals surface area contributed by atoms with Gasteiger partial charge in [0.1, 0.15) is 5.76 Å². The van der Waals surface area contributed by atoms with Gasteiger partial charge in [0.25, 0.3) is 5.91 Å². The fourth-order valence-corrected chi connectivity index (χ4v) is 2.70. The number of nitrogens with zero attached hydrogens (tertiary/aromatic N) is 1. The molecule has 0 atom stereocenters. The second kappa shape index (κ2) is 7.05. The van der Waals surface area contributed by atoms with Crippen LogP contribution in [0.4, 0.5) is 18.9 Å². The molecule has 0 spiro atoms. The van der Waals surface area contributed by atoms with E-state index in [4.69, 9.17) is 20.8 Å². The SMILES string of the molecule is O=C(Nc1cc(C(F)(F)F)cnc1Cl)c1ccc(C2CCOCC2)o1. The van der Waals surface area contributed by atoms with Crippen molar-refractivity contribution in [1.82, 2.24) is 4.98 Å². The molecule has 1 aliphatic heterocycles. The smallest absolute Gasteiger partial charge is 0.417 e. The molecule has 1 saturated heterocycles. The first-order valence-corrected chi connectivity index (χ1v) is 7.94. The van der Waals surface area contributed by atoms with Gasteiger partial charge in [0, 0.05) is 25.3 Å². The highest BCUT2D eigenvalue weighted by Crippen LogP contribution is 2.33. The normalized spacial score (nSPS) is 16.0. The molecule has 134 valence electrons. The van der Waals surface area contributed by atoms with E-state index in [1.165, 1.54) is 6.07 Å². The molecule has 1 aliphatic rings. The van der Waals surface area contributed by atoms with Crippen LogP contribution in [0, 0.1) is 0 Å². The maximum Gasteiger partial charge on any atom is 0.417 e. The molecule has 1 N–H and O–H groups in total. The lowest BCUT2D eigenvalue weighted by molar-refractivity contribution is -0.137. The number of carbonyl (C=O) groups excluding carboxylic acids is 1. The second-order valence-corrected chi connectivity index (χ2v) is 5.96. The van der Waals surface area contributed by atoms with Gasteiger partial charge in [-0.25, -0.2) is 4.98 Å². The number of amides is 1. The van der Waals surface area contributed by atoms with E-state index in [9.17, 15) is 18.0 Å². The summed E-state index contributed by atoms with van der Waals surface area (Å²) < 4.78 is 49.0. The minimum atomic E-state index is -4.59. The molecule has 2 aromatic rings. The molecular weight excluding hydrogens is 361 g/mol. The van der Waals surface area contributed by atoms with Gasteiger partial charge in [-0.15, -0.1) is 0 Å². The third-order valence-corrected chi connectivity index (χ3v) is 4.19. The van der Waals surface area contributed by atoms with Gasteiger partial charge in [0.2, 0.25) is 0 Å². The van der Waals surface area contributed by atoms with Crippen LogP contribution >= 0.6 is 11.6 Å². The molecule has 3 heterocycles. The summed E-state index contributed by atoms with van der Waals surface area (Å²) in [5.41, 5.74) is -1.24. The van der Waals surface area contributed by atoms with Crippen LogP contribution in [0.1, 0.15) is 40.6 Å². The van der Waals surface area contributed by atoms with Crippen molar-refractivity contribution in [3.63, 3.8) is 0 Å². The number of furan rings is 1. The Bertz CT molecular complexity index is 770. The molecule has 2 aromatic heterocycles. The Kier molecular flexibility index (Phi) is 5.01. The van der Waals surface area contributed by atoms with Crippen molar-refractivity contribution in [2.45, 2.75) is 24.9 Å². The van der Waals surface area contributed by atoms with Crippen molar-refractivity contribution in [2.75, 3.05) is 18.5 Å². The Hall–Kier alpha value is -2.06. The van der Waals surface area contributed by atoms with Crippen LogP contribution in [0.25, 0.3) is 0 Å². The van der Waals surface area contributed by atoms with Crippen LogP contribution in [-0.4, -0.2) is 24.1 Å². The molecule has 0 unspecified atom stereocenters. The molecule has 5 nitrogen and oxygen atoms in total. The minimum absolute atomic E-state index is 0.00466. The van der Waals surface area contributed by atoms with Crippen LogP contribution < -0.4 is 5.32 Å². The Morgan fingerprint density at radius 2 is 2.00 bits per heavy atom. The van der Waals surface area contributed by atoms with Crippen LogP contribution in [0.2, 0.25) is 5.15 Å². The fraction of sp³-hybridized carbons (Fsp3) is 0.375. The summed E-state index contributed by atoms with van der Waals surface area (Å²) in [5, 5.41) is 2.07. The highest BCUT2D eigenvalue weighted by atomic mass is 35.5. The molecule has 0 saturated carbocycles. The molecule has 3 rings (SSSR count). The predicted octanol–water partition coefficient (Wildman–Crippen LogP) is 4.49. The van der Waals surface area contributed by atoms with Crippen molar-refractivity contribution in [3.05, 3.63) is 46.6 Å². The molecule has 9 heteroatoms. The maximum absolute atomic E-state index is 12.7. The zero-order valence-electron chi connectivity index (χ0n) is 12.9. The lowest BCUT2D eigenvalue weighted by Gasteiger charge is -2.19. The topological polar surface area (TPSA) is 64.4 Å². The molecule has 1 fully saturated rings. The zero-order chi connectivity index (χ0) is 18.0. The van der Waals surface area contributed by atoms with Gasteiger partial charge in [0.15, 0.2) is 10.9 Å². The van der Waals surface area contributed by atoms with Crippen LogP contribution in [0.15, 0.2) is 28.8 Å². The quantitative estimate of drug-likeness (QED) is 0.804. The number of pyridine rings is 1. The van der Waals surface area contributed by atoms with Gasteiger partial charge in [-0.05, 0) is 31.0 Å². The van der Waals surface area contributed by atoms with Gasteiger partial charge in [0.05, 0.1) is 11.3 Å². The van der Waals surface area contributed by atoms with Gasteiger partial charge in [-0.3, -0.25) is 4.79 Å². The maximum atomic E-state index is 12.7. The van der Waals surface area contributed by atoms with Crippen molar-refractivity contribution in [3.8, 4) is 0 Å². The monoisotopic (exact) mass is 374 g/mol. The molecule has 0 radical (unpaired) electrons. The third kappa shape index (κ3) is 4.13. The van der Waals surface area contributed by atoms with Crippen molar-refractivity contribution >= 4 is 23.2 Å². The summed E-state index contributed by atoms with van der Waals surface area (Å²) in [6.07, 6.45) is -2.40. The van der Waals surface area contributed by atoms with Crippen LogP contribution in [0.5, 0.6) is 0 Å².